The number of carboxylic acid groups (broad SMARTS) is 1. The van der Waals surface area contributed by atoms with Gasteiger partial charge in [-0.1, -0.05) is 36.4 Å². The van der Waals surface area contributed by atoms with Crippen molar-refractivity contribution in [3.8, 4) is 5.75 Å². The van der Waals surface area contributed by atoms with E-state index in [2.05, 4.69) is 4.99 Å². The van der Waals surface area contributed by atoms with Crippen LogP contribution in [0.25, 0.3) is 6.08 Å². The maximum Gasteiger partial charge on any atom is 0.269 e. The molecule has 176 valence electrons. The summed E-state index contributed by atoms with van der Waals surface area (Å²) in [5.74, 6) is -0.882. The molecule has 0 spiro atoms. The van der Waals surface area contributed by atoms with Gasteiger partial charge in [-0.05, 0) is 58.8 Å². The van der Waals surface area contributed by atoms with Crippen molar-refractivity contribution in [2.45, 2.75) is 6.61 Å². The summed E-state index contributed by atoms with van der Waals surface area (Å²) >= 11 is 1.21. The summed E-state index contributed by atoms with van der Waals surface area (Å²) in [5, 5.41) is 22.3. The molecule has 0 radical (unpaired) electrons. The van der Waals surface area contributed by atoms with Crippen LogP contribution in [0.2, 0.25) is 0 Å². The molecule has 0 N–H and O–H groups in total. The number of carboxylic acids is 1. The zero-order valence-corrected chi connectivity index (χ0v) is 19.2. The van der Waals surface area contributed by atoms with Gasteiger partial charge in [0.25, 0.3) is 11.6 Å². The molecule has 0 unspecified atom stereocenters. The van der Waals surface area contributed by atoms with Gasteiger partial charge in [0.1, 0.15) is 12.4 Å². The monoisotopic (exact) mass is 488 g/mol. The van der Waals surface area contributed by atoms with E-state index >= 15 is 0 Å². The molecule has 0 aromatic heterocycles. The van der Waals surface area contributed by atoms with Gasteiger partial charge in [0.05, 0.1) is 21.5 Å². The van der Waals surface area contributed by atoms with Crippen LogP contribution in [-0.4, -0.2) is 33.9 Å². The fourth-order valence-corrected chi connectivity index (χ4v) is 4.16. The van der Waals surface area contributed by atoms with Crippen molar-refractivity contribution in [2.24, 2.45) is 4.99 Å². The fourth-order valence-electron chi connectivity index (χ4n) is 3.17. The zero-order valence-electron chi connectivity index (χ0n) is 18.4. The van der Waals surface area contributed by atoms with E-state index in [0.717, 1.165) is 5.56 Å². The first-order chi connectivity index (χ1) is 16.8. The normalized spacial score (nSPS) is 15.6. The van der Waals surface area contributed by atoms with E-state index in [4.69, 9.17) is 4.74 Å². The molecule has 1 fully saturated rings. The minimum absolute atomic E-state index is 0.00857. The molecular formula is C25H18N3O6S-. The standard InChI is InChI=1S/C25H19N3O6S/c1-27-23(29)22(35-25(27)26-19-9-7-18(8-10-19)24(30)31)14-16-5-11-21(12-6-16)34-15-17-3-2-4-20(13-17)28(32)33/h2-14H,15H2,1H3,(H,30,31)/p-1. The molecule has 0 atom stereocenters. The van der Waals surface area contributed by atoms with E-state index in [-0.39, 0.29) is 23.8 Å². The molecule has 9 nitrogen and oxygen atoms in total. The van der Waals surface area contributed by atoms with Gasteiger partial charge < -0.3 is 14.6 Å². The quantitative estimate of drug-likeness (QED) is 0.282. The number of aliphatic imine (C=N–C) groups is 1. The van der Waals surface area contributed by atoms with E-state index in [1.54, 1.807) is 61.7 Å². The number of hydrogen-bond acceptors (Lipinski definition) is 8. The van der Waals surface area contributed by atoms with E-state index in [1.165, 1.54) is 40.9 Å². The molecule has 1 aliphatic rings. The average molecular weight is 489 g/mol. The summed E-state index contributed by atoms with van der Waals surface area (Å²) in [4.78, 5) is 40.3. The molecule has 3 aromatic carbocycles. The third-order valence-electron chi connectivity index (χ3n) is 5.04. The highest BCUT2D eigenvalue weighted by Gasteiger charge is 2.30. The van der Waals surface area contributed by atoms with Crippen LogP contribution >= 0.6 is 11.8 Å². The Balaban J connectivity index is 1.42. The van der Waals surface area contributed by atoms with Gasteiger partial charge >= 0.3 is 0 Å². The molecule has 0 aliphatic carbocycles. The van der Waals surface area contributed by atoms with Crippen LogP contribution in [0, 0.1) is 10.1 Å². The van der Waals surface area contributed by atoms with Gasteiger partial charge in [-0.3, -0.25) is 19.8 Å². The van der Waals surface area contributed by atoms with Gasteiger partial charge in [0.15, 0.2) is 5.17 Å². The Morgan fingerprint density at radius 2 is 1.83 bits per heavy atom. The second-order valence-electron chi connectivity index (χ2n) is 7.49. The summed E-state index contributed by atoms with van der Waals surface area (Å²) < 4.78 is 5.71. The van der Waals surface area contributed by atoms with Crippen LogP contribution in [0.1, 0.15) is 21.5 Å². The van der Waals surface area contributed by atoms with E-state index in [1.807, 2.05) is 0 Å². The highest BCUT2D eigenvalue weighted by molar-refractivity contribution is 8.18. The third-order valence-corrected chi connectivity index (χ3v) is 6.10. The predicted molar refractivity (Wildman–Crippen MR) is 130 cm³/mol. The fraction of sp³-hybridized carbons (Fsp3) is 0.0800. The Kier molecular flexibility index (Phi) is 6.93. The van der Waals surface area contributed by atoms with E-state index in [9.17, 15) is 24.8 Å². The molecule has 10 heteroatoms. The summed E-state index contributed by atoms with van der Waals surface area (Å²) in [6, 6.07) is 19.3. The zero-order chi connectivity index (χ0) is 24.9. The minimum Gasteiger partial charge on any atom is -0.545 e. The van der Waals surface area contributed by atoms with Crippen molar-refractivity contribution in [1.82, 2.24) is 4.90 Å². The average Bonchev–Trinajstić information content (AvgIpc) is 3.11. The summed E-state index contributed by atoms with van der Waals surface area (Å²) in [7, 11) is 1.62. The molecule has 0 saturated carbocycles. The number of nitro groups is 1. The summed E-state index contributed by atoms with van der Waals surface area (Å²) in [6.07, 6.45) is 1.75. The summed E-state index contributed by atoms with van der Waals surface area (Å²) in [5.41, 5.74) is 2.05. The van der Waals surface area contributed by atoms with Crippen LogP contribution in [-0.2, 0) is 11.4 Å². The van der Waals surface area contributed by atoms with Crippen LogP contribution < -0.4 is 9.84 Å². The predicted octanol–water partition coefficient (Wildman–Crippen LogP) is 3.77. The van der Waals surface area contributed by atoms with Gasteiger partial charge in [0.2, 0.25) is 0 Å². The minimum atomic E-state index is -1.27. The molecule has 4 rings (SSSR count). The molecule has 0 bridgehead atoms. The highest BCUT2D eigenvalue weighted by atomic mass is 32.2. The SMILES string of the molecule is CN1C(=O)C(=Cc2ccc(OCc3cccc([N+](=O)[O-])c3)cc2)SC1=Nc1ccc(C(=O)[O-])cc1. The Hall–Kier alpha value is -4.44. The van der Waals surface area contributed by atoms with Crippen LogP contribution in [0.3, 0.4) is 0 Å². The molecule has 3 aromatic rings. The van der Waals surface area contributed by atoms with Gasteiger partial charge in [-0.25, -0.2) is 4.99 Å². The topological polar surface area (TPSA) is 125 Å². The number of thioether (sulfide) groups is 1. The van der Waals surface area contributed by atoms with Gasteiger partial charge in [0, 0.05) is 19.2 Å². The van der Waals surface area contributed by atoms with Crippen molar-refractivity contribution in [3.05, 3.63) is 105 Å². The number of ether oxygens (including phenoxy) is 1. The Morgan fingerprint density at radius 3 is 2.49 bits per heavy atom. The Labute approximate surface area is 204 Å². The molecule has 1 aliphatic heterocycles. The number of carbonyl (C=O) groups excluding carboxylic acids is 2. The number of hydrogen-bond donors (Lipinski definition) is 0. The Bertz CT molecular complexity index is 1350. The lowest BCUT2D eigenvalue weighted by Gasteiger charge is -2.07. The first-order valence-electron chi connectivity index (χ1n) is 10.3. The van der Waals surface area contributed by atoms with Crippen LogP contribution in [0.4, 0.5) is 11.4 Å². The van der Waals surface area contributed by atoms with Gasteiger partial charge in [-0.15, -0.1) is 0 Å². The Morgan fingerprint density at radius 1 is 1.11 bits per heavy atom. The lowest BCUT2D eigenvalue weighted by molar-refractivity contribution is -0.384. The first kappa shape index (κ1) is 23.7. The molecule has 35 heavy (non-hydrogen) atoms. The molecular weight excluding hydrogens is 470 g/mol. The first-order valence-corrected chi connectivity index (χ1v) is 11.2. The number of aromatic carboxylic acids is 1. The summed E-state index contributed by atoms with van der Waals surface area (Å²) in [6.45, 7) is 0.186. The van der Waals surface area contributed by atoms with E-state index < -0.39 is 10.9 Å². The number of amidine groups is 1. The smallest absolute Gasteiger partial charge is 0.269 e. The molecule has 1 heterocycles. The van der Waals surface area contributed by atoms with Crippen molar-refractivity contribution >= 4 is 46.3 Å². The lowest BCUT2D eigenvalue weighted by Crippen LogP contribution is -2.23. The highest BCUT2D eigenvalue weighted by Crippen LogP contribution is 2.33. The molecule has 1 amide bonds. The number of nitro benzene ring substituents is 1. The largest absolute Gasteiger partial charge is 0.545 e. The van der Waals surface area contributed by atoms with Gasteiger partial charge in [-0.2, -0.15) is 0 Å². The van der Waals surface area contributed by atoms with Crippen molar-refractivity contribution < 1.29 is 24.4 Å². The maximum absolute atomic E-state index is 12.7. The van der Waals surface area contributed by atoms with Crippen molar-refractivity contribution in [1.29, 1.82) is 0 Å². The lowest BCUT2D eigenvalue weighted by atomic mass is 10.2. The second kappa shape index (κ2) is 10.2. The number of non-ortho nitro benzene ring substituents is 1. The second-order valence-corrected chi connectivity index (χ2v) is 8.50. The maximum atomic E-state index is 12.7. The third kappa shape index (κ3) is 5.74. The van der Waals surface area contributed by atoms with Crippen LogP contribution in [0.15, 0.2) is 82.7 Å². The van der Waals surface area contributed by atoms with Crippen LogP contribution in [0.5, 0.6) is 5.75 Å². The number of rotatable bonds is 7. The van der Waals surface area contributed by atoms with Crippen molar-refractivity contribution in [2.75, 3.05) is 7.05 Å². The number of likely N-dealkylation sites (N-methyl/N-ethyl adjacent to an activating group) is 1. The van der Waals surface area contributed by atoms with Crippen molar-refractivity contribution in [3.63, 3.8) is 0 Å². The number of nitrogens with zero attached hydrogens (tertiary/aromatic N) is 3. The molecule has 1 saturated heterocycles. The van der Waals surface area contributed by atoms with E-state index in [0.29, 0.717) is 27.1 Å². The number of amides is 1. The number of benzene rings is 3. The number of carbonyl (C=O) groups is 2.